The van der Waals surface area contributed by atoms with Gasteiger partial charge in [0.05, 0.1) is 4.90 Å². The summed E-state index contributed by atoms with van der Waals surface area (Å²) >= 11 is 7.50. The van der Waals surface area contributed by atoms with Crippen molar-refractivity contribution in [3.63, 3.8) is 0 Å². The van der Waals surface area contributed by atoms with Crippen molar-refractivity contribution in [3.8, 4) is 0 Å². The van der Waals surface area contributed by atoms with Crippen LogP contribution in [0.2, 0.25) is 5.02 Å². The molecule has 0 fully saturated rings. The van der Waals surface area contributed by atoms with Crippen molar-refractivity contribution in [2.75, 3.05) is 7.05 Å². The van der Waals surface area contributed by atoms with Gasteiger partial charge in [0.2, 0.25) is 10.0 Å². The fraction of sp³-hybridized carbons (Fsp3) is 0.286. The molecule has 0 saturated carbocycles. The molecule has 4 nitrogen and oxygen atoms in total. The Bertz CT molecular complexity index is 728. The van der Waals surface area contributed by atoms with Crippen LogP contribution in [0.5, 0.6) is 0 Å². The molecular weight excluding hydrogens is 328 g/mol. The van der Waals surface area contributed by atoms with Crippen LogP contribution in [0.4, 0.5) is 0 Å². The quantitative estimate of drug-likeness (QED) is 0.905. The highest BCUT2D eigenvalue weighted by Gasteiger charge is 2.28. The third-order valence-corrected chi connectivity index (χ3v) is 6.77. The highest BCUT2D eigenvalue weighted by molar-refractivity contribution is 7.89. The average molecular weight is 345 g/mol. The van der Waals surface area contributed by atoms with E-state index in [9.17, 15) is 8.42 Å². The lowest BCUT2D eigenvalue weighted by Gasteiger charge is -2.24. The SMILES string of the molecule is CC(c1ccccc1Cl)N(C)S(=O)(=O)c1csc(CN)c1. The normalized spacial score (nSPS) is 13.6. The molecule has 0 amide bonds. The summed E-state index contributed by atoms with van der Waals surface area (Å²) in [6.45, 7) is 2.15. The van der Waals surface area contributed by atoms with E-state index in [1.165, 1.54) is 15.6 Å². The molecule has 0 aliphatic heterocycles. The van der Waals surface area contributed by atoms with Crippen LogP contribution in [0, 0.1) is 0 Å². The van der Waals surface area contributed by atoms with E-state index in [0.29, 0.717) is 11.6 Å². The van der Waals surface area contributed by atoms with Crippen LogP contribution < -0.4 is 5.73 Å². The zero-order valence-electron chi connectivity index (χ0n) is 11.8. The smallest absolute Gasteiger partial charge is 0.244 e. The molecule has 0 spiro atoms. The molecule has 21 heavy (non-hydrogen) atoms. The molecule has 0 bridgehead atoms. The first kappa shape index (κ1) is 16.5. The van der Waals surface area contributed by atoms with Crippen LogP contribution in [-0.2, 0) is 16.6 Å². The Balaban J connectivity index is 2.34. The summed E-state index contributed by atoms with van der Waals surface area (Å²) in [5, 5.41) is 2.17. The maximum atomic E-state index is 12.6. The van der Waals surface area contributed by atoms with Crippen molar-refractivity contribution in [3.05, 3.63) is 51.2 Å². The van der Waals surface area contributed by atoms with Gasteiger partial charge in [-0.3, -0.25) is 0 Å². The Morgan fingerprint density at radius 3 is 2.62 bits per heavy atom. The van der Waals surface area contributed by atoms with E-state index < -0.39 is 10.0 Å². The molecule has 2 N–H and O–H groups in total. The van der Waals surface area contributed by atoms with Crippen molar-refractivity contribution in [1.29, 1.82) is 0 Å². The van der Waals surface area contributed by atoms with Crippen LogP contribution in [0.25, 0.3) is 0 Å². The molecule has 1 atom stereocenters. The van der Waals surface area contributed by atoms with E-state index in [1.54, 1.807) is 24.6 Å². The standard InChI is InChI=1S/C14H17ClN2O2S2/c1-10(13-5-3-4-6-14(13)15)17(2)21(18,19)12-7-11(8-16)20-9-12/h3-7,9-10H,8,16H2,1-2H3. The molecule has 1 aromatic heterocycles. The summed E-state index contributed by atoms with van der Waals surface area (Å²) in [6.07, 6.45) is 0. The van der Waals surface area contributed by atoms with Crippen molar-refractivity contribution in [2.24, 2.45) is 5.73 Å². The maximum absolute atomic E-state index is 12.6. The van der Waals surface area contributed by atoms with Crippen LogP contribution in [0.15, 0.2) is 40.6 Å². The van der Waals surface area contributed by atoms with Crippen molar-refractivity contribution < 1.29 is 8.42 Å². The van der Waals surface area contributed by atoms with Gasteiger partial charge in [-0.1, -0.05) is 29.8 Å². The molecule has 114 valence electrons. The highest BCUT2D eigenvalue weighted by Crippen LogP contribution is 2.31. The van der Waals surface area contributed by atoms with Gasteiger partial charge in [-0.25, -0.2) is 8.42 Å². The summed E-state index contributed by atoms with van der Waals surface area (Å²) in [5.41, 5.74) is 6.32. The first-order valence-electron chi connectivity index (χ1n) is 6.38. The number of sulfonamides is 1. The van der Waals surface area contributed by atoms with E-state index in [-0.39, 0.29) is 10.9 Å². The first-order chi connectivity index (χ1) is 9.87. The fourth-order valence-electron chi connectivity index (χ4n) is 1.99. The predicted molar refractivity (Wildman–Crippen MR) is 87.0 cm³/mol. The summed E-state index contributed by atoms with van der Waals surface area (Å²) in [4.78, 5) is 1.11. The maximum Gasteiger partial charge on any atom is 0.244 e. The molecule has 7 heteroatoms. The highest BCUT2D eigenvalue weighted by atomic mass is 35.5. The monoisotopic (exact) mass is 344 g/mol. The van der Waals surface area contributed by atoms with E-state index in [4.69, 9.17) is 17.3 Å². The Labute approximate surface area is 134 Å². The van der Waals surface area contributed by atoms with Gasteiger partial charge in [-0.2, -0.15) is 4.31 Å². The summed E-state index contributed by atoms with van der Waals surface area (Å²) in [5.74, 6) is 0. The second-order valence-corrected chi connectivity index (χ2v) is 8.07. The van der Waals surface area contributed by atoms with Crippen molar-refractivity contribution >= 4 is 33.0 Å². The molecule has 1 unspecified atom stereocenters. The number of thiophene rings is 1. The number of benzene rings is 1. The Morgan fingerprint density at radius 1 is 1.38 bits per heavy atom. The lowest BCUT2D eigenvalue weighted by Crippen LogP contribution is -2.29. The minimum atomic E-state index is -3.56. The molecule has 0 radical (unpaired) electrons. The molecule has 0 aliphatic rings. The number of hydrogen-bond acceptors (Lipinski definition) is 4. The largest absolute Gasteiger partial charge is 0.326 e. The zero-order chi connectivity index (χ0) is 15.6. The van der Waals surface area contributed by atoms with E-state index in [2.05, 4.69) is 0 Å². The Kier molecular flexibility index (Phi) is 5.06. The number of rotatable bonds is 5. The van der Waals surface area contributed by atoms with E-state index >= 15 is 0 Å². The van der Waals surface area contributed by atoms with Gasteiger partial charge in [-0.15, -0.1) is 11.3 Å². The molecule has 0 saturated heterocycles. The predicted octanol–water partition coefficient (Wildman–Crippen LogP) is 3.24. The third kappa shape index (κ3) is 3.30. The second kappa shape index (κ2) is 6.46. The number of halogens is 1. The summed E-state index contributed by atoms with van der Waals surface area (Å²) in [6, 6.07) is 8.51. The number of nitrogens with two attached hydrogens (primary N) is 1. The molecule has 0 aliphatic carbocycles. The van der Waals surface area contributed by atoms with E-state index in [1.807, 2.05) is 25.1 Å². The molecule has 2 aromatic rings. The topological polar surface area (TPSA) is 63.4 Å². The van der Waals surface area contributed by atoms with Crippen molar-refractivity contribution in [2.45, 2.75) is 24.4 Å². The minimum Gasteiger partial charge on any atom is -0.326 e. The number of nitrogens with zero attached hydrogens (tertiary/aromatic N) is 1. The summed E-state index contributed by atoms with van der Waals surface area (Å²) in [7, 11) is -2.00. The Hall–Kier alpha value is -0.920. The van der Waals surface area contributed by atoms with E-state index in [0.717, 1.165) is 10.4 Å². The number of hydrogen-bond donors (Lipinski definition) is 1. The third-order valence-electron chi connectivity index (χ3n) is 3.41. The first-order valence-corrected chi connectivity index (χ1v) is 9.07. The van der Waals surface area contributed by atoms with Gasteiger partial charge in [0.15, 0.2) is 0 Å². The van der Waals surface area contributed by atoms with Gasteiger partial charge in [0.25, 0.3) is 0 Å². The van der Waals surface area contributed by atoms with Gasteiger partial charge in [0, 0.05) is 34.9 Å². The lowest BCUT2D eigenvalue weighted by molar-refractivity contribution is 0.398. The van der Waals surface area contributed by atoms with Crippen LogP contribution in [-0.4, -0.2) is 19.8 Å². The van der Waals surface area contributed by atoms with Crippen molar-refractivity contribution in [1.82, 2.24) is 4.31 Å². The van der Waals surface area contributed by atoms with Crippen LogP contribution in [0.1, 0.15) is 23.4 Å². The molecule has 2 rings (SSSR count). The van der Waals surface area contributed by atoms with Gasteiger partial charge in [0.1, 0.15) is 0 Å². The molecule has 1 aromatic carbocycles. The van der Waals surface area contributed by atoms with Gasteiger partial charge < -0.3 is 5.73 Å². The van der Waals surface area contributed by atoms with Gasteiger partial charge in [-0.05, 0) is 24.6 Å². The Morgan fingerprint density at radius 2 is 2.05 bits per heavy atom. The van der Waals surface area contributed by atoms with Crippen LogP contribution >= 0.6 is 22.9 Å². The zero-order valence-corrected chi connectivity index (χ0v) is 14.2. The fourth-order valence-corrected chi connectivity index (χ4v) is 4.77. The second-order valence-electron chi connectivity index (χ2n) is 4.67. The summed E-state index contributed by atoms with van der Waals surface area (Å²) < 4.78 is 26.6. The lowest BCUT2D eigenvalue weighted by atomic mass is 10.1. The molecular formula is C14H17ClN2O2S2. The van der Waals surface area contributed by atoms with Crippen LogP contribution in [0.3, 0.4) is 0 Å². The molecule has 1 heterocycles. The average Bonchev–Trinajstić information content (AvgIpc) is 2.96. The minimum absolute atomic E-state index is 0.273. The van der Waals surface area contributed by atoms with Gasteiger partial charge >= 0.3 is 0 Å².